The van der Waals surface area contributed by atoms with Crippen LogP contribution in [0.3, 0.4) is 0 Å². The van der Waals surface area contributed by atoms with Crippen LogP contribution in [0.4, 0.5) is 34.1 Å². The molecule has 0 aromatic heterocycles. The fraction of sp³-hybridized carbons (Fsp3) is 0.0714. The first-order valence-electron chi connectivity index (χ1n) is 21.4. The van der Waals surface area contributed by atoms with Crippen LogP contribution in [0, 0.1) is 27.7 Å². The van der Waals surface area contributed by atoms with Crippen molar-refractivity contribution in [1.82, 2.24) is 0 Å². The first kappa shape index (κ1) is 32.9. The molecule has 14 rings (SSSR count). The smallest absolute Gasteiger partial charge is 0.248 e. The number of rotatable bonds is 2. The Morgan fingerprint density at radius 3 is 1.17 bits per heavy atom. The zero-order valence-electron chi connectivity index (χ0n) is 34.1. The molecule has 2 nitrogen and oxygen atoms in total. The quantitative estimate of drug-likeness (QED) is 0.128. The van der Waals surface area contributed by atoms with Crippen molar-refractivity contribution in [1.29, 1.82) is 0 Å². The summed E-state index contributed by atoms with van der Waals surface area (Å²) in [5.74, 6) is 0. The summed E-state index contributed by atoms with van der Waals surface area (Å²) in [7, 11) is 0. The number of fused-ring (bicyclic) bond motifs is 8. The molecule has 0 bridgehead atoms. The third-order valence-corrected chi connectivity index (χ3v) is 14.3. The number of para-hydroxylation sites is 2. The van der Waals surface area contributed by atoms with E-state index in [2.05, 4.69) is 195 Å². The average Bonchev–Trinajstić information content (AvgIpc) is 3.26. The van der Waals surface area contributed by atoms with Crippen LogP contribution < -0.4 is 42.6 Å². The Balaban J connectivity index is 1.11. The number of nitrogens with zero attached hydrogens (tertiary/aromatic N) is 2. The molecule has 0 N–H and O–H groups in total. The van der Waals surface area contributed by atoms with Crippen molar-refractivity contribution in [2.24, 2.45) is 0 Å². The molecule has 0 atom stereocenters. The lowest BCUT2D eigenvalue weighted by Gasteiger charge is -2.42. The Kier molecular flexibility index (Phi) is 6.23. The molecule has 4 heterocycles. The summed E-state index contributed by atoms with van der Waals surface area (Å²) >= 11 is 0. The van der Waals surface area contributed by atoms with Gasteiger partial charge in [-0.25, -0.2) is 0 Å². The van der Waals surface area contributed by atoms with Gasteiger partial charge in [0.1, 0.15) is 0 Å². The van der Waals surface area contributed by atoms with Crippen LogP contribution in [0.25, 0.3) is 54.6 Å². The Morgan fingerprint density at radius 1 is 0.317 bits per heavy atom. The summed E-state index contributed by atoms with van der Waals surface area (Å²) in [6.07, 6.45) is 0. The maximum atomic E-state index is 2.58. The first-order valence-corrected chi connectivity index (χ1v) is 21.4. The number of aryl methyl sites for hydroxylation is 4. The first-order chi connectivity index (χ1) is 29.4. The molecule has 0 aliphatic carbocycles. The van der Waals surface area contributed by atoms with Crippen molar-refractivity contribution in [2.45, 2.75) is 27.7 Å². The Morgan fingerprint density at radius 2 is 0.733 bits per heavy atom. The molecule has 0 spiro atoms. The van der Waals surface area contributed by atoms with Crippen molar-refractivity contribution in [3.63, 3.8) is 0 Å². The van der Waals surface area contributed by atoms with E-state index in [4.69, 9.17) is 0 Å². The monoisotopic (exact) mass is 760 g/mol. The Bertz CT molecular complexity index is 3320. The number of anilines is 6. The van der Waals surface area contributed by atoms with E-state index in [1.807, 2.05) is 0 Å². The molecule has 4 aliphatic heterocycles. The minimum Gasteiger partial charge on any atom is -0.311 e. The second-order valence-corrected chi connectivity index (χ2v) is 17.9. The average molecular weight is 761 g/mol. The van der Waals surface area contributed by atoms with Gasteiger partial charge in [-0.2, -0.15) is 0 Å². The molecule has 10 aromatic rings. The molecule has 4 aliphatic rings. The summed E-state index contributed by atoms with van der Waals surface area (Å²) in [4.78, 5) is 5.04. The highest BCUT2D eigenvalue weighted by Gasteiger charge is 2.44. The summed E-state index contributed by atoms with van der Waals surface area (Å²) < 4.78 is 0. The van der Waals surface area contributed by atoms with Crippen LogP contribution in [-0.2, 0) is 0 Å². The van der Waals surface area contributed by atoms with Gasteiger partial charge in [-0.1, -0.05) is 120 Å². The van der Waals surface area contributed by atoms with Gasteiger partial charge >= 0.3 is 0 Å². The third kappa shape index (κ3) is 4.06. The molecule has 0 saturated heterocycles. The second kappa shape index (κ2) is 11.4. The van der Waals surface area contributed by atoms with E-state index >= 15 is 0 Å². The van der Waals surface area contributed by atoms with Gasteiger partial charge in [-0.05, 0) is 175 Å². The number of hydrogen-bond donors (Lipinski definition) is 0. The van der Waals surface area contributed by atoms with Gasteiger partial charge in [0.15, 0.2) is 0 Å². The minimum absolute atomic E-state index is 0.114. The molecular formula is C56H38B2N2. The molecule has 278 valence electrons. The van der Waals surface area contributed by atoms with Crippen LogP contribution in [0.15, 0.2) is 158 Å². The van der Waals surface area contributed by atoms with E-state index in [0.717, 1.165) is 0 Å². The molecule has 10 aromatic carbocycles. The molecule has 0 unspecified atom stereocenters. The van der Waals surface area contributed by atoms with Gasteiger partial charge in [0.05, 0.1) is 0 Å². The zero-order valence-corrected chi connectivity index (χ0v) is 34.1. The SMILES string of the molecule is Cc1ccc2c(c1)N(c1ccccc1)c1cc(C)cc3c1B2c1cc2ccc4c5c(cc6ccc-3c1c6c25)B1c2ccc(C)cc2N(c2ccccc2)c2cc(C)cc-4c21. The summed E-state index contributed by atoms with van der Waals surface area (Å²) in [6.45, 7) is 9.22. The van der Waals surface area contributed by atoms with Crippen molar-refractivity contribution < 1.29 is 0 Å². The van der Waals surface area contributed by atoms with Gasteiger partial charge in [0.25, 0.3) is 0 Å². The number of hydrogen-bond acceptors (Lipinski definition) is 2. The molecule has 4 heteroatoms. The lowest BCUT2D eigenvalue weighted by Crippen LogP contribution is -2.60. The van der Waals surface area contributed by atoms with Gasteiger partial charge in [-0.15, -0.1) is 0 Å². The Labute approximate surface area is 350 Å². The van der Waals surface area contributed by atoms with E-state index in [9.17, 15) is 0 Å². The van der Waals surface area contributed by atoms with Gasteiger partial charge in [0, 0.05) is 34.1 Å². The van der Waals surface area contributed by atoms with E-state index in [0.29, 0.717) is 0 Å². The largest absolute Gasteiger partial charge is 0.311 e. The highest BCUT2D eigenvalue weighted by molar-refractivity contribution is 7.02. The van der Waals surface area contributed by atoms with Crippen molar-refractivity contribution >= 4 is 113 Å². The predicted octanol–water partition coefficient (Wildman–Crippen LogP) is 10.4. The molecule has 0 saturated carbocycles. The van der Waals surface area contributed by atoms with E-state index in [-0.39, 0.29) is 13.4 Å². The van der Waals surface area contributed by atoms with Gasteiger partial charge in [0.2, 0.25) is 13.4 Å². The lowest BCUT2D eigenvalue weighted by atomic mass is 9.31. The van der Waals surface area contributed by atoms with Crippen LogP contribution in [0.2, 0.25) is 0 Å². The highest BCUT2D eigenvalue weighted by atomic mass is 15.2. The van der Waals surface area contributed by atoms with Crippen LogP contribution >= 0.6 is 0 Å². The van der Waals surface area contributed by atoms with Crippen molar-refractivity contribution in [2.75, 3.05) is 9.80 Å². The summed E-state index contributed by atoms with van der Waals surface area (Å²) in [5, 5.41) is 8.33. The van der Waals surface area contributed by atoms with Crippen molar-refractivity contribution in [3.05, 3.63) is 180 Å². The third-order valence-electron chi connectivity index (χ3n) is 14.3. The summed E-state index contributed by atoms with van der Waals surface area (Å²) in [6, 6.07) is 60.9. The van der Waals surface area contributed by atoms with E-state index in [1.165, 1.54) is 144 Å². The van der Waals surface area contributed by atoms with E-state index < -0.39 is 0 Å². The maximum Gasteiger partial charge on any atom is 0.248 e. The Hall–Kier alpha value is -7.03. The fourth-order valence-corrected chi connectivity index (χ4v) is 12.1. The highest BCUT2D eigenvalue weighted by Crippen LogP contribution is 2.48. The zero-order chi connectivity index (χ0) is 39.7. The van der Waals surface area contributed by atoms with Crippen LogP contribution in [-0.4, -0.2) is 13.4 Å². The molecule has 60 heavy (non-hydrogen) atoms. The number of benzene rings is 10. The normalized spacial score (nSPS) is 13.9. The minimum atomic E-state index is 0.114. The molecule has 0 amide bonds. The molecule has 0 radical (unpaired) electrons. The topological polar surface area (TPSA) is 6.48 Å². The van der Waals surface area contributed by atoms with Crippen LogP contribution in [0.5, 0.6) is 0 Å². The molecular weight excluding hydrogens is 722 g/mol. The van der Waals surface area contributed by atoms with Crippen molar-refractivity contribution in [3.8, 4) is 22.3 Å². The van der Waals surface area contributed by atoms with Gasteiger partial charge in [-0.3, -0.25) is 0 Å². The summed E-state index contributed by atoms with van der Waals surface area (Å²) in [5.41, 5.74) is 26.5. The predicted molar refractivity (Wildman–Crippen MR) is 259 cm³/mol. The second-order valence-electron chi connectivity index (χ2n) is 17.9. The van der Waals surface area contributed by atoms with Gasteiger partial charge < -0.3 is 9.80 Å². The standard InChI is InChI=1S/C56H38B2N2/c1-31-15-21-43-47(25-31)59(37-11-7-5-8-12-37)49-27-33(3)23-41-39-19-18-36-30-46-54-40(20-17-35-29-45(57(43)55(41)49)53(39)51(36)52(35)54)42-24-34(4)28-50-56(42)58(46)44-22-16-32(2)26-48(44)60(50)38-13-9-6-10-14-38/h5-30H,1-4H3. The van der Waals surface area contributed by atoms with E-state index in [1.54, 1.807) is 0 Å². The lowest BCUT2D eigenvalue weighted by molar-refractivity contribution is 1.27. The van der Waals surface area contributed by atoms with Crippen LogP contribution in [0.1, 0.15) is 22.3 Å². The fourth-order valence-electron chi connectivity index (χ4n) is 12.1. The molecule has 0 fully saturated rings. The maximum absolute atomic E-state index is 2.58.